The molecule has 9 aromatic carbocycles. The molecule has 2 aliphatic carbocycles. The molecule has 1 aromatic heterocycles. The second kappa shape index (κ2) is 14.5. The van der Waals surface area contributed by atoms with Gasteiger partial charge in [-0.05, 0) is 138 Å². The molecule has 0 unspecified atom stereocenters. The van der Waals surface area contributed by atoms with Gasteiger partial charge < -0.3 is 9.32 Å². The molecule has 0 fully saturated rings. The Hall–Kier alpha value is -7.42. The van der Waals surface area contributed by atoms with Crippen LogP contribution in [0.3, 0.4) is 0 Å². The van der Waals surface area contributed by atoms with E-state index >= 15 is 0 Å². The summed E-state index contributed by atoms with van der Waals surface area (Å²) >= 11 is 0. The maximum atomic E-state index is 6.31. The number of anilines is 3. The molecule has 0 aliphatic heterocycles. The summed E-state index contributed by atoms with van der Waals surface area (Å²) in [4.78, 5) is 2.47. The van der Waals surface area contributed by atoms with Crippen LogP contribution < -0.4 is 4.90 Å². The molecule has 66 heavy (non-hydrogen) atoms. The van der Waals surface area contributed by atoms with Crippen LogP contribution in [0.25, 0.3) is 77.6 Å². The van der Waals surface area contributed by atoms with Crippen molar-refractivity contribution in [3.8, 4) is 55.6 Å². The number of furan rings is 1. The molecule has 2 heteroatoms. The first-order valence-corrected chi connectivity index (χ1v) is 23.4. The average molecular weight is 852 g/mol. The lowest BCUT2D eigenvalue weighted by atomic mass is 9.81. The monoisotopic (exact) mass is 851 g/mol. The first-order chi connectivity index (χ1) is 31.9. The number of nitrogens with zero attached hydrogens (tertiary/aromatic N) is 1. The Morgan fingerprint density at radius 3 is 1.73 bits per heavy atom. The zero-order chi connectivity index (χ0) is 45.1. The van der Waals surface area contributed by atoms with Gasteiger partial charge in [0.2, 0.25) is 0 Å². The van der Waals surface area contributed by atoms with Crippen LogP contribution in [0.5, 0.6) is 0 Å². The van der Waals surface area contributed by atoms with E-state index in [1.165, 1.54) is 77.9 Å². The summed E-state index contributed by atoms with van der Waals surface area (Å²) in [7, 11) is 0. The van der Waals surface area contributed by atoms with Crippen molar-refractivity contribution in [3.63, 3.8) is 0 Å². The second-order valence-corrected chi connectivity index (χ2v) is 20.5. The molecule has 0 N–H and O–H groups in total. The fourth-order valence-corrected chi connectivity index (χ4v) is 11.2. The third-order valence-electron chi connectivity index (χ3n) is 14.9. The molecule has 0 spiro atoms. The van der Waals surface area contributed by atoms with Gasteiger partial charge in [0, 0.05) is 38.5 Å². The highest BCUT2D eigenvalue weighted by molar-refractivity contribution is 6.12. The van der Waals surface area contributed by atoms with Crippen LogP contribution >= 0.6 is 0 Å². The summed E-state index contributed by atoms with van der Waals surface area (Å²) in [6.45, 7) is 16.3. The number of rotatable bonds is 6. The first kappa shape index (κ1) is 40.1. The maximum absolute atomic E-state index is 6.31. The minimum absolute atomic E-state index is 0.120. The normalized spacial score (nSPS) is 14.2. The number of hydrogen-bond donors (Lipinski definition) is 0. The Kier molecular flexibility index (Phi) is 8.84. The summed E-state index contributed by atoms with van der Waals surface area (Å²) < 4.78 is 6.31. The fourth-order valence-electron chi connectivity index (χ4n) is 11.2. The third kappa shape index (κ3) is 6.15. The predicted molar refractivity (Wildman–Crippen MR) is 279 cm³/mol. The van der Waals surface area contributed by atoms with Crippen molar-refractivity contribution in [1.29, 1.82) is 0 Å². The van der Waals surface area contributed by atoms with Crippen LogP contribution in [0.4, 0.5) is 17.1 Å². The molecule has 12 rings (SSSR count). The Labute approximate surface area is 388 Å². The van der Waals surface area contributed by atoms with Crippen molar-refractivity contribution in [2.24, 2.45) is 0 Å². The van der Waals surface area contributed by atoms with E-state index in [2.05, 4.69) is 241 Å². The van der Waals surface area contributed by atoms with Gasteiger partial charge in [-0.1, -0.05) is 188 Å². The molecule has 0 radical (unpaired) electrons. The zero-order valence-corrected chi connectivity index (χ0v) is 38.8. The fraction of sp³-hybridized carbons (Fsp3) is 0.156. The molecular weight excluding hydrogens is 799 g/mol. The molecule has 0 amide bonds. The molecule has 0 saturated heterocycles. The Morgan fingerprint density at radius 1 is 0.379 bits per heavy atom. The standard InChI is InChI=1S/C64H53NO/c1-62(2,3)44-29-23-40(24-30-44)42-27-34-51-53-37-43(28-36-55(53)64(6,7)56(51)38-42)47-15-9-12-20-58(47)65(46-33-35-50-49-16-8-11-19-54(49)63(4,5)57(50)39-46)45-31-25-41(26-32-45)48-18-14-22-60-61(48)52-17-10-13-21-59(52)66-60/h8-39H,1-7H3. The molecule has 1 heterocycles. The highest BCUT2D eigenvalue weighted by atomic mass is 16.3. The van der Waals surface area contributed by atoms with Gasteiger partial charge in [-0.2, -0.15) is 0 Å². The van der Waals surface area contributed by atoms with Crippen LogP contribution in [0.1, 0.15) is 76.3 Å². The van der Waals surface area contributed by atoms with E-state index in [9.17, 15) is 0 Å². The summed E-state index contributed by atoms with van der Waals surface area (Å²) in [6, 6.07) is 72.2. The molecule has 10 aromatic rings. The van der Waals surface area contributed by atoms with E-state index in [1.807, 2.05) is 6.07 Å². The largest absolute Gasteiger partial charge is 0.456 e. The van der Waals surface area contributed by atoms with Crippen LogP contribution in [0.15, 0.2) is 199 Å². The molecule has 2 nitrogen and oxygen atoms in total. The van der Waals surface area contributed by atoms with E-state index < -0.39 is 0 Å². The van der Waals surface area contributed by atoms with Gasteiger partial charge in [-0.3, -0.25) is 0 Å². The molecule has 0 saturated carbocycles. The van der Waals surface area contributed by atoms with Crippen molar-refractivity contribution < 1.29 is 4.42 Å². The smallest absolute Gasteiger partial charge is 0.136 e. The van der Waals surface area contributed by atoms with Crippen molar-refractivity contribution >= 4 is 39.0 Å². The summed E-state index contributed by atoms with van der Waals surface area (Å²) in [5.74, 6) is 0. The first-order valence-electron chi connectivity index (χ1n) is 23.4. The van der Waals surface area contributed by atoms with Gasteiger partial charge in [0.25, 0.3) is 0 Å². The van der Waals surface area contributed by atoms with Crippen LogP contribution in [0, 0.1) is 0 Å². The highest BCUT2D eigenvalue weighted by Crippen LogP contribution is 2.54. The second-order valence-electron chi connectivity index (χ2n) is 20.5. The van der Waals surface area contributed by atoms with E-state index in [1.54, 1.807) is 0 Å². The topological polar surface area (TPSA) is 16.4 Å². The number of hydrogen-bond acceptors (Lipinski definition) is 2. The third-order valence-corrected chi connectivity index (χ3v) is 14.9. The van der Waals surface area contributed by atoms with Crippen LogP contribution in [-0.2, 0) is 16.2 Å². The minimum atomic E-state index is -0.140. The van der Waals surface area contributed by atoms with E-state index in [0.29, 0.717) is 0 Å². The van der Waals surface area contributed by atoms with E-state index in [-0.39, 0.29) is 16.2 Å². The maximum Gasteiger partial charge on any atom is 0.136 e. The number of fused-ring (bicyclic) bond motifs is 9. The van der Waals surface area contributed by atoms with Gasteiger partial charge in [-0.15, -0.1) is 0 Å². The van der Waals surface area contributed by atoms with Crippen molar-refractivity contribution in [3.05, 3.63) is 222 Å². The summed E-state index contributed by atoms with van der Waals surface area (Å²) in [5.41, 5.74) is 24.3. The molecule has 0 atom stereocenters. The molecule has 320 valence electrons. The van der Waals surface area contributed by atoms with E-state index in [0.717, 1.165) is 44.6 Å². The number of benzene rings is 9. The number of para-hydroxylation sites is 2. The average Bonchev–Trinajstić information content (AvgIpc) is 3.91. The van der Waals surface area contributed by atoms with Gasteiger partial charge in [0.1, 0.15) is 11.2 Å². The molecule has 2 aliphatic rings. The van der Waals surface area contributed by atoms with Crippen LogP contribution in [0.2, 0.25) is 0 Å². The summed E-state index contributed by atoms with van der Waals surface area (Å²) in [6.07, 6.45) is 0. The Balaban J connectivity index is 0.986. The zero-order valence-electron chi connectivity index (χ0n) is 38.8. The Bertz CT molecular complexity index is 3560. The van der Waals surface area contributed by atoms with E-state index in [4.69, 9.17) is 4.42 Å². The van der Waals surface area contributed by atoms with Gasteiger partial charge in [0.15, 0.2) is 0 Å². The highest BCUT2D eigenvalue weighted by Gasteiger charge is 2.37. The van der Waals surface area contributed by atoms with Gasteiger partial charge >= 0.3 is 0 Å². The Morgan fingerprint density at radius 2 is 0.939 bits per heavy atom. The van der Waals surface area contributed by atoms with Crippen molar-refractivity contribution in [1.82, 2.24) is 0 Å². The minimum Gasteiger partial charge on any atom is -0.456 e. The van der Waals surface area contributed by atoms with Crippen molar-refractivity contribution in [2.75, 3.05) is 4.90 Å². The lowest BCUT2D eigenvalue weighted by Crippen LogP contribution is -2.17. The van der Waals surface area contributed by atoms with Crippen LogP contribution in [-0.4, -0.2) is 0 Å². The van der Waals surface area contributed by atoms with Gasteiger partial charge in [0.05, 0.1) is 5.69 Å². The quantitative estimate of drug-likeness (QED) is 0.166. The SMILES string of the molecule is CC(C)(C)c1ccc(-c2ccc3c(c2)C(C)(C)c2ccc(-c4ccccc4N(c4ccc(-c5cccc6oc7ccccc7c56)cc4)c4ccc5c(c4)C(C)(C)c4ccccc4-5)cc2-3)cc1. The summed E-state index contributed by atoms with van der Waals surface area (Å²) in [5, 5.41) is 2.28. The van der Waals surface area contributed by atoms with Gasteiger partial charge in [-0.25, -0.2) is 0 Å². The predicted octanol–water partition coefficient (Wildman–Crippen LogP) is 18.0. The lowest BCUT2D eigenvalue weighted by Gasteiger charge is -2.30. The lowest BCUT2D eigenvalue weighted by molar-refractivity contribution is 0.590. The molecule has 0 bridgehead atoms. The molecular formula is C64H53NO. The van der Waals surface area contributed by atoms with Crippen molar-refractivity contribution in [2.45, 2.75) is 64.7 Å².